The summed E-state index contributed by atoms with van der Waals surface area (Å²) in [6, 6.07) is 3.57. The van der Waals surface area contributed by atoms with Gasteiger partial charge in [0.2, 0.25) is 5.78 Å². The summed E-state index contributed by atoms with van der Waals surface area (Å²) in [7, 11) is 0.0948. The summed E-state index contributed by atoms with van der Waals surface area (Å²) < 4.78 is 24.7. The van der Waals surface area contributed by atoms with Crippen LogP contribution in [0.1, 0.15) is 29.6 Å². The van der Waals surface area contributed by atoms with Crippen LogP contribution >= 0.6 is 0 Å². The van der Waals surface area contributed by atoms with Gasteiger partial charge in [0, 0.05) is 18.8 Å². The van der Waals surface area contributed by atoms with Gasteiger partial charge < -0.3 is 4.74 Å². The maximum absolute atomic E-state index is 14.9. The van der Waals surface area contributed by atoms with Crippen LogP contribution in [-0.4, -0.2) is 53.5 Å². The van der Waals surface area contributed by atoms with Crippen LogP contribution in [0.2, 0.25) is 19.6 Å². The first-order valence-corrected chi connectivity index (χ1v) is 13.4. The molecule has 0 aliphatic heterocycles. The summed E-state index contributed by atoms with van der Waals surface area (Å²) >= 11 is 0. The van der Waals surface area contributed by atoms with Crippen LogP contribution in [0.4, 0.5) is 4.39 Å². The molecule has 0 radical (unpaired) electrons. The van der Waals surface area contributed by atoms with Crippen LogP contribution in [0.15, 0.2) is 43.2 Å². The van der Waals surface area contributed by atoms with E-state index in [-0.39, 0.29) is 17.1 Å². The van der Waals surface area contributed by atoms with Crippen LogP contribution in [0.3, 0.4) is 0 Å². The summed E-state index contributed by atoms with van der Waals surface area (Å²) in [6.45, 7) is 6.31. The number of hydrogen-bond donors (Lipinski definition) is 0. The second-order valence-corrected chi connectivity index (χ2v) is 14.0. The maximum Gasteiger partial charge on any atom is 0.284 e. The molecule has 0 N–H and O–H groups in total. The zero-order valence-electron chi connectivity index (χ0n) is 18.0. The van der Waals surface area contributed by atoms with E-state index < -0.39 is 20.3 Å². The van der Waals surface area contributed by atoms with E-state index in [1.165, 1.54) is 23.2 Å². The highest BCUT2D eigenvalue weighted by atomic mass is 28.3. The van der Waals surface area contributed by atoms with E-state index in [4.69, 9.17) is 4.74 Å². The summed E-state index contributed by atoms with van der Waals surface area (Å²) in [5.74, 6) is -0.451. The Labute approximate surface area is 179 Å². The van der Waals surface area contributed by atoms with E-state index in [9.17, 15) is 9.18 Å². The lowest BCUT2D eigenvalue weighted by Crippen LogP contribution is -2.39. The van der Waals surface area contributed by atoms with Gasteiger partial charge in [-0.2, -0.15) is 14.6 Å². The van der Waals surface area contributed by atoms with Crippen molar-refractivity contribution in [3.63, 3.8) is 0 Å². The highest BCUT2D eigenvalue weighted by molar-refractivity contribution is 6.77. The number of aryl methyl sites for hydroxylation is 1. The van der Waals surface area contributed by atoms with Crippen molar-refractivity contribution in [1.29, 1.82) is 0 Å². The summed E-state index contributed by atoms with van der Waals surface area (Å²) in [4.78, 5) is 21.5. The number of fused-ring (bicyclic) bond motifs is 1. The molecule has 2 unspecified atom stereocenters. The fourth-order valence-electron chi connectivity index (χ4n) is 2.95. The van der Waals surface area contributed by atoms with E-state index in [1.54, 1.807) is 23.0 Å². The van der Waals surface area contributed by atoms with Crippen LogP contribution in [0, 0.1) is 0 Å². The highest BCUT2D eigenvalue weighted by Crippen LogP contribution is 2.23. The zero-order valence-corrected chi connectivity index (χ0v) is 19.0. The highest BCUT2D eigenvalue weighted by Gasteiger charge is 2.29. The molecule has 0 aliphatic carbocycles. The minimum absolute atomic E-state index is 0.0608. The lowest BCUT2D eigenvalue weighted by Gasteiger charge is -2.27. The molecule has 0 amide bonds. The Balaban J connectivity index is 1.67. The van der Waals surface area contributed by atoms with Crippen molar-refractivity contribution in [3.05, 3.63) is 54.6 Å². The van der Waals surface area contributed by atoms with E-state index >= 15 is 0 Å². The summed E-state index contributed by atoms with van der Waals surface area (Å²) in [6.07, 6.45) is 7.51. The van der Waals surface area contributed by atoms with Crippen molar-refractivity contribution in [3.8, 4) is 11.3 Å². The number of imidazole rings is 2. The van der Waals surface area contributed by atoms with Gasteiger partial charge in [-0.15, -0.1) is 0 Å². The molecule has 11 heteroatoms. The zero-order chi connectivity index (χ0) is 22.3. The molecule has 0 spiro atoms. The van der Waals surface area contributed by atoms with Crippen molar-refractivity contribution >= 4 is 19.5 Å². The number of nitrogens with zero attached hydrogens (tertiary/aromatic N) is 7. The lowest BCUT2D eigenvalue weighted by atomic mass is 10.2. The van der Waals surface area contributed by atoms with Gasteiger partial charge in [-0.3, -0.25) is 14.0 Å². The summed E-state index contributed by atoms with van der Waals surface area (Å²) in [5, 5.41) is 8.69. The first-order valence-electron chi connectivity index (χ1n) is 9.85. The Morgan fingerprint density at radius 3 is 2.61 bits per heavy atom. The fourth-order valence-corrected chi connectivity index (χ4v) is 3.47. The molecule has 9 nitrogen and oxygen atoms in total. The SMILES string of the molecule is CC(OC(F)n1cncc1C(=O)c1cnc2ccc(-c3cnn(C)c3)nn12)[Si](C)(C)C. The molecule has 0 saturated heterocycles. The molecule has 0 aromatic carbocycles. The Morgan fingerprint density at radius 2 is 1.94 bits per heavy atom. The third-order valence-corrected chi connectivity index (χ3v) is 7.82. The Kier molecular flexibility index (Phi) is 5.31. The molecule has 4 aromatic heterocycles. The number of halogens is 1. The Morgan fingerprint density at radius 1 is 1.16 bits per heavy atom. The topological polar surface area (TPSA) is 92.1 Å². The second kappa shape index (κ2) is 7.82. The fraction of sp³-hybridized carbons (Fsp3) is 0.350. The smallest absolute Gasteiger partial charge is 0.284 e. The maximum atomic E-state index is 14.9. The first kappa shape index (κ1) is 21.1. The molecule has 4 aromatic rings. The number of carbonyl (C=O) groups excluding carboxylic acids is 1. The second-order valence-electron chi connectivity index (χ2n) is 8.49. The normalized spacial score (nSPS) is 14.1. The minimum Gasteiger partial charge on any atom is -0.332 e. The number of ether oxygens (including phenoxy) is 1. The molecule has 0 aliphatic rings. The van der Waals surface area contributed by atoms with Crippen molar-refractivity contribution in [1.82, 2.24) is 33.9 Å². The molecule has 31 heavy (non-hydrogen) atoms. The van der Waals surface area contributed by atoms with Crippen LogP contribution in [0.5, 0.6) is 0 Å². The quantitative estimate of drug-likeness (QED) is 0.323. The molecule has 2 atom stereocenters. The van der Waals surface area contributed by atoms with Gasteiger partial charge in [-0.25, -0.2) is 14.5 Å². The molecule has 162 valence electrons. The molecule has 4 rings (SSSR count). The Bertz CT molecular complexity index is 1240. The number of carbonyl (C=O) groups is 1. The predicted molar refractivity (Wildman–Crippen MR) is 115 cm³/mol. The number of hydrogen-bond acceptors (Lipinski definition) is 6. The number of alkyl halides is 1. The first-order chi connectivity index (χ1) is 14.6. The summed E-state index contributed by atoms with van der Waals surface area (Å²) in [5.41, 5.74) is 1.96. The van der Waals surface area contributed by atoms with E-state index in [2.05, 4.69) is 39.8 Å². The van der Waals surface area contributed by atoms with Crippen LogP contribution in [0.25, 0.3) is 16.9 Å². The largest absolute Gasteiger partial charge is 0.332 e. The number of ketones is 1. The van der Waals surface area contributed by atoms with Gasteiger partial charge in [0.15, 0.2) is 5.65 Å². The average Bonchev–Trinajstić information content (AvgIpc) is 3.45. The minimum atomic E-state index is -1.82. The lowest BCUT2D eigenvalue weighted by molar-refractivity contribution is -0.106. The molecule has 4 heterocycles. The van der Waals surface area contributed by atoms with Gasteiger partial charge >= 0.3 is 0 Å². The monoisotopic (exact) mass is 441 g/mol. The van der Waals surface area contributed by atoms with Crippen molar-refractivity contribution in [2.75, 3.05) is 0 Å². The van der Waals surface area contributed by atoms with Gasteiger partial charge in [-0.1, -0.05) is 19.6 Å². The molecule has 0 saturated carbocycles. The number of aromatic nitrogens is 7. The van der Waals surface area contributed by atoms with Crippen molar-refractivity contribution in [2.45, 2.75) is 38.8 Å². The molecular weight excluding hydrogens is 417 g/mol. The molecule has 0 bridgehead atoms. The number of rotatable bonds is 7. The standard InChI is InChI=1S/C20H24FN7O2Si/c1-13(31(3,4)5)30-20(21)27-12-22-9-16(27)19(29)17-10-23-18-7-6-15(25-28(17)18)14-8-24-26(2)11-14/h6-13,20H,1-5H3. The van der Waals surface area contributed by atoms with Crippen LogP contribution in [-0.2, 0) is 11.8 Å². The van der Waals surface area contributed by atoms with E-state index in [0.29, 0.717) is 11.3 Å². The van der Waals surface area contributed by atoms with E-state index in [1.807, 2.05) is 20.2 Å². The Hall–Kier alpha value is -3.18. The third kappa shape index (κ3) is 4.06. The van der Waals surface area contributed by atoms with Gasteiger partial charge in [-0.05, 0) is 19.1 Å². The average molecular weight is 442 g/mol. The molecular formula is C20H24FN7O2Si. The van der Waals surface area contributed by atoms with Crippen molar-refractivity contribution < 1.29 is 13.9 Å². The third-order valence-electron chi connectivity index (χ3n) is 5.25. The van der Waals surface area contributed by atoms with Crippen LogP contribution < -0.4 is 0 Å². The molecule has 0 fully saturated rings. The predicted octanol–water partition coefficient (Wildman–Crippen LogP) is 3.27. The van der Waals surface area contributed by atoms with Gasteiger partial charge in [0.05, 0.1) is 44.4 Å². The van der Waals surface area contributed by atoms with Gasteiger partial charge in [0.1, 0.15) is 11.4 Å². The van der Waals surface area contributed by atoms with Crippen molar-refractivity contribution in [2.24, 2.45) is 7.05 Å². The van der Waals surface area contributed by atoms with Gasteiger partial charge in [0.25, 0.3) is 6.48 Å². The van der Waals surface area contributed by atoms with E-state index in [0.717, 1.165) is 10.1 Å².